The van der Waals surface area contributed by atoms with E-state index in [9.17, 15) is 13.6 Å². The molecule has 33 heavy (non-hydrogen) atoms. The van der Waals surface area contributed by atoms with E-state index in [1.807, 2.05) is 55.5 Å². The van der Waals surface area contributed by atoms with Crippen LogP contribution in [0.3, 0.4) is 0 Å². The van der Waals surface area contributed by atoms with Crippen molar-refractivity contribution in [2.75, 3.05) is 17.2 Å². The summed E-state index contributed by atoms with van der Waals surface area (Å²) >= 11 is 0. The molecule has 6 heteroatoms. The third kappa shape index (κ3) is 4.09. The first-order chi connectivity index (χ1) is 16.0. The van der Waals surface area contributed by atoms with Crippen LogP contribution in [0.15, 0.2) is 78.0 Å². The van der Waals surface area contributed by atoms with Gasteiger partial charge in [-0.3, -0.25) is 4.79 Å². The van der Waals surface area contributed by atoms with E-state index in [0.717, 1.165) is 46.6 Å². The highest BCUT2D eigenvalue weighted by molar-refractivity contribution is 6.01. The van der Waals surface area contributed by atoms with Gasteiger partial charge in [-0.25, -0.2) is 8.78 Å². The van der Waals surface area contributed by atoms with E-state index in [-0.39, 0.29) is 17.3 Å². The zero-order valence-electron chi connectivity index (χ0n) is 18.2. The van der Waals surface area contributed by atoms with Crippen LogP contribution in [0.1, 0.15) is 42.9 Å². The molecule has 0 radical (unpaired) electrons. The van der Waals surface area contributed by atoms with Gasteiger partial charge in [-0.2, -0.15) is 0 Å². The van der Waals surface area contributed by atoms with Crippen molar-refractivity contribution in [3.63, 3.8) is 0 Å². The van der Waals surface area contributed by atoms with Gasteiger partial charge in [0.15, 0.2) is 5.78 Å². The number of halogens is 2. The molecule has 3 aromatic rings. The molecular formula is C27H24F2N2O2. The molecule has 0 saturated heterocycles. The van der Waals surface area contributed by atoms with Crippen molar-refractivity contribution in [1.82, 2.24) is 0 Å². The minimum atomic E-state index is -0.791. The fraction of sp³-hybridized carbons (Fsp3) is 0.222. The topological polar surface area (TPSA) is 50.4 Å². The molecule has 0 fully saturated rings. The van der Waals surface area contributed by atoms with Gasteiger partial charge in [-0.1, -0.05) is 24.3 Å². The summed E-state index contributed by atoms with van der Waals surface area (Å²) in [5.74, 6) is -0.423. The number of rotatable bonds is 4. The van der Waals surface area contributed by atoms with Crippen LogP contribution in [0.4, 0.5) is 20.2 Å². The van der Waals surface area contributed by atoms with E-state index in [1.165, 1.54) is 0 Å². The van der Waals surface area contributed by atoms with Crippen LogP contribution < -0.4 is 15.4 Å². The Bertz CT molecular complexity index is 1240. The zero-order chi connectivity index (χ0) is 22.9. The summed E-state index contributed by atoms with van der Waals surface area (Å²) in [6.45, 7) is 2.52. The van der Waals surface area contributed by atoms with Crippen molar-refractivity contribution in [3.8, 4) is 5.75 Å². The molecule has 2 aliphatic rings. The molecule has 0 aromatic heterocycles. The van der Waals surface area contributed by atoms with Crippen LogP contribution in [0.5, 0.6) is 5.75 Å². The van der Waals surface area contributed by atoms with E-state index >= 15 is 0 Å². The van der Waals surface area contributed by atoms with Crippen molar-refractivity contribution in [2.45, 2.75) is 31.7 Å². The van der Waals surface area contributed by atoms with Gasteiger partial charge < -0.3 is 15.4 Å². The third-order valence-corrected chi connectivity index (χ3v) is 6.24. The van der Waals surface area contributed by atoms with Crippen LogP contribution in [0.2, 0.25) is 0 Å². The van der Waals surface area contributed by atoms with Crippen LogP contribution in [-0.2, 0) is 4.79 Å². The van der Waals surface area contributed by atoms with Gasteiger partial charge >= 0.3 is 0 Å². The average Bonchev–Trinajstić information content (AvgIpc) is 2.98. The predicted molar refractivity (Wildman–Crippen MR) is 124 cm³/mol. The summed E-state index contributed by atoms with van der Waals surface area (Å²) in [5, 5.41) is 6.70. The summed E-state index contributed by atoms with van der Waals surface area (Å²) < 4.78 is 34.4. The van der Waals surface area contributed by atoms with Crippen molar-refractivity contribution >= 4 is 17.2 Å². The fourth-order valence-corrected chi connectivity index (χ4v) is 4.70. The highest BCUT2D eigenvalue weighted by Gasteiger charge is 2.37. The largest absolute Gasteiger partial charge is 0.494 e. The quantitative estimate of drug-likeness (QED) is 0.491. The first-order valence-electron chi connectivity index (χ1n) is 11.1. The molecule has 1 heterocycles. The molecule has 4 nitrogen and oxygen atoms in total. The number of ketones is 1. The van der Waals surface area contributed by atoms with E-state index in [4.69, 9.17) is 4.74 Å². The second-order valence-electron chi connectivity index (χ2n) is 8.34. The minimum Gasteiger partial charge on any atom is -0.494 e. The van der Waals surface area contributed by atoms with E-state index in [1.54, 1.807) is 0 Å². The van der Waals surface area contributed by atoms with E-state index in [0.29, 0.717) is 25.0 Å². The molecule has 2 N–H and O–H groups in total. The summed E-state index contributed by atoms with van der Waals surface area (Å²) in [6.07, 6.45) is 0.873. The Morgan fingerprint density at radius 2 is 1.73 bits per heavy atom. The second kappa shape index (κ2) is 8.70. The van der Waals surface area contributed by atoms with Crippen LogP contribution in [0, 0.1) is 11.6 Å². The standard InChI is InChI=1S/C27H24F2N2O2/c1-2-33-19-10-7-16(8-11-19)17-13-24-26(25(32)14-17)27(20-15-18(28)9-12-21(20)29)31-23-6-4-3-5-22(23)30-24/h3-12,15,17,27,30-31H,2,13-14H2,1H3. The van der Waals surface area contributed by atoms with Crippen molar-refractivity contribution in [2.24, 2.45) is 0 Å². The minimum absolute atomic E-state index is 0.0253. The van der Waals surface area contributed by atoms with Crippen molar-refractivity contribution < 1.29 is 18.3 Å². The molecular weight excluding hydrogens is 422 g/mol. The fourth-order valence-electron chi connectivity index (χ4n) is 4.70. The normalized spacial score (nSPS) is 19.7. The molecule has 0 saturated carbocycles. The van der Waals surface area contributed by atoms with Gasteiger partial charge in [0.1, 0.15) is 17.4 Å². The van der Waals surface area contributed by atoms with Crippen LogP contribution >= 0.6 is 0 Å². The number of fused-ring (bicyclic) bond motifs is 1. The molecule has 2 atom stereocenters. The summed E-state index contributed by atoms with van der Waals surface area (Å²) in [6, 6.07) is 17.9. The van der Waals surface area contributed by atoms with Gasteiger partial charge in [-0.05, 0) is 67.3 Å². The number of carbonyl (C=O) groups is 1. The van der Waals surface area contributed by atoms with Gasteiger partial charge in [0.2, 0.25) is 0 Å². The lowest BCUT2D eigenvalue weighted by atomic mass is 9.78. The number of benzene rings is 3. The molecule has 0 spiro atoms. The average molecular weight is 446 g/mol. The molecule has 2 unspecified atom stereocenters. The molecule has 168 valence electrons. The number of ether oxygens (including phenoxy) is 1. The summed E-state index contributed by atoms with van der Waals surface area (Å²) in [7, 11) is 0. The highest BCUT2D eigenvalue weighted by Crippen LogP contribution is 2.44. The number of hydrogen-bond acceptors (Lipinski definition) is 4. The van der Waals surface area contributed by atoms with Gasteiger partial charge in [-0.15, -0.1) is 0 Å². The maximum absolute atomic E-state index is 14.8. The van der Waals surface area contributed by atoms with Gasteiger partial charge in [0.25, 0.3) is 0 Å². The number of nitrogens with one attached hydrogen (secondary N) is 2. The van der Waals surface area contributed by atoms with E-state index in [2.05, 4.69) is 10.6 Å². The van der Waals surface area contributed by atoms with E-state index < -0.39 is 17.7 Å². The smallest absolute Gasteiger partial charge is 0.163 e. The number of hydrogen-bond donors (Lipinski definition) is 2. The predicted octanol–water partition coefficient (Wildman–Crippen LogP) is 6.34. The Morgan fingerprint density at radius 1 is 0.970 bits per heavy atom. The Kier molecular flexibility index (Phi) is 5.58. The van der Waals surface area contributed by atoms with Crippen molar-refractivity contribution in [3.05, 3.63) is 101 Å². The zero-order valence-corrected chi connectivity index (χ0v) is 18.2. The van der Waals surface area contributed by atoms with Gasteiger partial charge in [0, 0.05) is 23.3 Å². The number of carbonyl (C=O) groups excluding carboxylic acids is 1. The molecule has 0 bridgehead atoms. The number of allylic oxidation sites excluding steroid dienone is 1. The molecule has 3 aromatic carbocycles. The maximum Gasteiger partial charge on any atom is 0.163 e. The van der Waals surface area contributed by atoms with Crippen LogP contribution in [0.25, 0.3) is 0 Å². The first kappa shape index (κ1) is 21.2. The number of Topliss-reactive ketones (excluding diaryl/α,β-unsaturated/α-hetero) is 1. The molecule has 0 amide bonds. The monoisotopic (exact) mass is 446 g/mol. The maximum atomic E-state index is 14.8. The number of para-hydroxylation sites is 2. The molecule has 1 aliphatic carbocycles. The lowest BCUT2D eigenvalue weighted by molar-refractivity contribution is -0.116. The Morgan fingerprint density at radius 3 is 2.48 bits per heavy atom. The summed E-state index contributed by atoms with van der Waals surface area (Å²) in [4.78, 5) is 13.5. The Balaban J connectivity index is 1.57. The number of anilines is 2. The molecule has 5 rings (SSSR count). The molecule has 1 aliphatic heterocycles. The lowest BCUT2D eigenvalue weighted by Crippen LogP contribution is -2.27. The van der Waals surface area contributed by atoms with Crippen LogP contribution in [-0.4, -0.2) is 12.4 Å². The van der Waals surface area contributed by atoms with Gasteiger partial charge in [0.05, 0.1) is 24.0 Å². The lowest BCUT2D eigenvalue weighted by Gasteiger charge is -2.30. The Labute approximate surface area is 191 Å². The SMILES string of the molecule is CCOc1ccc(C2CC(=O)C3=C(C2)Nc2ccccc2NC3c2cc(F)ccc2F)cc1. The Hall–Kier alpha value is -3.67. The summed E-state index contributed by atoms with van der Waals surface area (Å²) in [5.41, 5.74) is 3.87. The highest BCUT2D eigenvalue weighted by atomic mass is 19.1. The van der Waals surface area contributed by atoms with Crippen molar-refractivity contribution in [1.29, 1.82) is 0 Å². The first-order valence-corrected chi connectivity index (χ1v) is 11.1. The third-order valence-electron chi connectivity index (χ3n) is 6.24. The second-order valence-corrected chi connectivity index (χ2v) is 8.34.